The van der Waals surface area contributed by atoms with Gasteiger partial charge in [-0.15, -0.1) is 0 Å². The Morgan fingerprint density at radius 1 is 0.893 bits per heavy atom. The molecule has 1 aliphatic carbocycles. The molecule has 2 aliphatic rings. The molecule has 1 saturated carbocycles. The lowest BCUT2D eigenvalue weighted by Gasteiger charge is -2.39. The van der Waals surface area contributed by atoms with Crippen molar-refractivity contribution < 1.29 is 9.53 Å². The first-order chi connectivity index (χ1) is 13.8. The number of anilines is 1. The Hall–Kier alpha value is -3.27. The van der Waals surface area contributed by atoms with Crippen LogP contribution in [0.25, 0.3) is 0 Å². The van der Waals surface area contributed by atoms with E-state index in [0.29, 0.717) is 12.6 Å². The predicted molar refractivity (Wildman–Crippen MR) is 109 cm³/mol. The van der Waals surface area contributed by atoms with Gasteiger partial charge in [0, 0.05) is 17.3 Å². The van der Waals surface area contributed by atoms with E-state index in [1.807, 2.05) is 65.6 Å². The van der Waals surface area contributed by atoms with E-state index >= 15 is 0 Å². The molecule has 0 unspecified atom stereocenters. The Kier molecular flexibility index (Phi) is 4.24. The Bertz CT molecular complexity index is 998. The Balaban J connectivity index is 1.49. The summed E-state index contributed by atoms with van der Waals surface area (Å²) in [6.07, 6.45) is 1.89. The number of amides is 1. The molecule has 0 radical (unpaired) electrons. The molecule has 4 nitrogen and oxygen atoms in total. The van der Waals surface area contributed by atoms with Gasteiger partial charge in [0.2, 0.25) is 0 Å². The molecular weight excluding hydrogens is 348 g/mol. The first-order valence-electron chi connectivity index (χ1n) is 9.75. The Labute approximate surface area is 164 Å². The largest absolute Gasteiger partial charge is 0.488 e. The second-order valence-electron chi connectivity index (χ2n) is 7.35. The fourth-order valence-electron chi connectivity index (χ4n) is 3.80. The SMILES string of the molecule is O=C1c2ccccc2N[C@@H](c2ccccc2OCc2ccccc2)N1C1CC1. The van der Waals surface area contributed by atoms with Crippen LogP contribution in [0.4, 0.5) is 5.69 Å². The van der Waals surface area contributed by atoms with E-state index in [0.717, 1.165) is 41.0 Å². The lowest BCUT2D eigenvalue weighted by Crippen LogP contribution is -2.44. The van der Waals surface area contributed by atoms with Crippen molar-refractivity contribution in [2.45, 2.75) is 31.7 Å². The van der Waals surface area contributed by atoms with Gasteiger partial charge in [0.15, 0.2) is 0 Å². The fraction of sp³-hybridized carbons (Fsp3) is 0.208. The standard InChI is InChI=1S/C24H22N2O2/c27-24-19-10-4-6-12-21(19)25-23(26(24)18-14-15-18)20-11-5-7-13-22(20)28-16-17-8-2-1-3-9-17/h1-13,18,23,25H,14-16H2/t23-/m1/s1. The van der Waals surface area contributed by atoms with Crippen LogP contribution >= 0.6 is 0 Å². The third kappa shape index (κ3) is 3.11. The number of hydrogen-bond donors (Lipinski definition) is 1. The molecular formula is C24H22N2O2. The van der Waals surface area contributed by atoms with Gasteiger partial charge in [0.25, 0.3) is 5.91 Å². The van der Waals surface area contributed by atoms with Gasteiger partial charge in [-0.05, 0) is 36.6 Å². The molecule has 1 heterocycles. The van der Waals surface area contributed by atoms with Gasteiger partial charge >= 0.3 is 0 Å². The average Bonchev–Trinajstić information content (AvgIpc) is 3.58. The average molecular weight is 370 g/mol. The zero-order valence-electron chi connectivity index (χ0n) is 15.5. The molecule has 5 rings (SSSR count). The van der Waals surface area contributed by atoms with Crippen molar-refractivity contribution in [1.82, 2.24) is 4.90 Å². The maximum atomic E-state index is 13.2. The molecule has 1 amide bonds. The summed E-state index contributed by atoms with van der Waals surface area (Å²) in [4.78, 5) is 15.2. The van der Waals surface area contributed by atoms with Gasteiger partial charge in [-0.1, -0.05) is 60.7 Å². The number of hydrogen-bond acceptors (Lipinski definition) is 3. The van der Waals surface area contributed by atoms with Crippen LogP contribution in [0.2, 0.25) is 0 Å². The minimum Gasteiger partial charge on any atom is -0.488 e. The first kappa shape index (κ1) is 16.9. The summed E-state index contributed by atoms with van der Waals surface area (Å²) >= 11 is 0. The third-order valence-corrected chi connectivity index (χ3v) is 5.35. The number of carbonyl (C=O) groups excluding carboxylic acids is 1. The molecule has 1 aliphatic heterocycles. The highest BCUT2D eigenvalue weighted by molar-refractivity contribution is 6.02. The lowest BCUT2D eigenvalue weighted by atomic mass is 10.0. The van der Waals surface area contributed by atoms with E-state index in [1.54, 1.807) is 0 Å². The van der Waals surface area contributed by atoms with E-state index < -0.39 is 0 Å². The van der Waals surface area contributed by atoms with Crippen molar-refractivity contribution in [2.75, 3.05) is 5.32 Å². The van der Waals surface area contributed by atoms with E-state index in [9.17, 15) is 4.79 Å². The summed E-state index contributed by atoms with van der Waals surface area (Å²) in [5.41, 5.74) is 3.74. The van der Waals surface area contributed by atoms with Crippen molar-refractivity contribution >= 4 is 11.6 Å². The van der Waals surface area contributed by atoms with Gasteiger partial charge in [-0.2, -0.15) is 0 Å². The normalized spacial score (nSPS) is 18.4. The number of para-hydroxylation sites is 2. The lowest BCUT2D eigenvalue weighted by molar-refractivity contribution is 0.0663. The highest BCUT2D eigenvalue weighted by Gasteiger charge is 2.42. The summed E-state index contributed by atoms with van der Waals surface area (Å²) in [6, 6.07) is 26.2. The smallest absolute Gasteiger partial charge is 0.258 e. The summed E-state index contributed by atoms with van der Waals surface area (Å²) in [5.74, 6) is 0.904. The summed E-state index contributed by atoms with van der Waals surface area (Å²) < 4.78 is 6.17. The topological polar surface area (TPSA) is 41.6 Å². The summed E-state index contributed by atoms with van der Waals surface area (Å²) in [7, 11) is 0. The minimum absolute atomic E-state index is 0.0970. The molecule has 0 bridgehead atoms. The molecule has 140 valence electrons. The van der Waals surface area contributed by atoms with E-state index in [2.05, 4.69) is 23.5 Å². The Morgan fingerprint density at radius 3 is 2.43 bits per heavy atom. The molecule has 3 aromatic rings. The maximum Gasteiger partial charge on any atom is 0.258 e. The van der Waals surface area contributed by atoms with Gasteiger partial charge in [-0.25, -0.2) is 0 Å². The van der Waals surface area contributed by atoms with Crippen LogP contribution in [0.3, 0.4) is 0 Å². The number of benzene rings is 3. The van der Waals surface area contributed by atoms with Crippen LogP contribution in [-0.2, 0) is 6.61 Å². The number of fused-ring (bicyclic) bond motifs is 1. The predicted octanol–water partition coefficient (Wildman–Crippen LogP) is 4.99. The fourth-order valence-corrected chi connectivity index (χ4v) is 3.80. The molecule has 28 heavy (non-hydrogen) atoms. The molecule has 0 spiro atoms. The molecule has 0 aromatic heterocycles. The highest BCUT2D eigenvalue weighted by atomic mass is 16.5. The van der Waals surface area contributed by atoms with Gasteiger partial charge in [-0.3, -0.25) is 4.79 Å². The zero-order chi connectivity index (χ0) is 18.9. The molecule has 1 atom stereocenters. The van der Waals surface area contributed by atoms with Crippen LogP contribution in [0.5, 0.6) is 5.75 Å². The van der Waals surface area contributed by atoms with Crippen LogP contribution in [-0.4, -0.2) is 16.8 Å². The second kappa shape index (κ2) is 7.04. The van der Waals surface area contributed by atoms with Crippen LogP contribution in [0, 0.1) is 0 Å². The third-order valence-electron chi connectivity index (χ3n) is 5.35. The van der Waals surface area contributed by atoms with Crippen molar-refractivity contribution in [1.29, 1.82) is 0 Å². The molecule has 4 heteroatoms. The quantitative estimate of drug-likeness (QED) is 0.688. The highest BCUT2D eigenvalue weighted by Crippen LogP contribution is 2.42. The first-order valence-corrected chi connectivity index (χ1v) is 9.75. The summed E-state index contributed by atoms with van der Waals surface area (Å²) in [6.45, 7) is 0.499. The summed E-state index contributed by atoms with van der Waals surface area (Å²) in [5, 5.41) is 3.58. The number of nitrogens with one attached hydrogen (secondary N) is 1. The number of rotatable bonds is 5. The van der Waals surface area contributed by atoms with Crippen molar-refractivity contribution in [2.24, 2.45) is 0 Å². The van der Waals surface area contributed by atoms with Crippen LogP contribution in [0.15, 0.2) is 78.9 Å². The molecule has 1 fully saturated rings. The number of ether oxygens (including phenoxy) is 1. The molecule has 1 N–H and O–H groups in total. The van der Waals surface area contributed by atoms with Gasteiger partial charge < -0.3 is 15.0 Å². The van der Waals surface area contributed by atoms with Gasteiger partial charge in [0.05, 0.1) is 5.56 Å². The Morgan fingerprint density at radius 2 is 1.61 bits per heavy atom. The number of nitrogens with zero attached hydrogens (tertiary/aromatic N) is 1. The monoisotopic (exact) mass is 370 g/mol. The minimum atomic E-state index is -0.220. The van der Waals surface area contributed by atoms with Crippen molar-refractivity contribution in [3.63, 3.8) is 0 Å². The van der Waals surface area contributed by atoms with Crippen molar-refractivity contribution in [3.8, 4) is 5.75 Å². The van der Waals surface area contributed by atoms with Crippen LogP contribution < -0.4 is 10.1 Å². The number of carbonyl (C=O) groups is 1. The molecule has 0 saturated heterocycles. The van der Waals surface area contributed by atoms with E-state index in [-0.39, 0.29) is 12.1 Å². The zero-order valence-corrected chi connectivity index (χ0v) is 15.5. The molecule has 3 aromatic carbocycles. The van der Waals surface area contributed by atoms with E-state index in [4.69, 9.17) is 4.74 Å². The van der Waals surface area contributed by atoms with Gasteiger partial charge in [0.1, 0.15) is 18.5 Å². The maximum absolute atomic E-state index is 13.2. The van der Waals surface area contributed by atoms with Crippen molar-refractivity contribution in [3.05, 3.63) is 95.6 Å². The second-order valence-corrected chi connectivity index (χ2v) is 7.35. The van der Waals surface area contributed by atoms with E-state index in [1.165, 1.54) is 0 Å². The van der Waals surface area contributed by atoms with Crippen LogP contribution in [0.1, 0.15) is 40.5 Å².